The van der Waals surface area contributed by atoms with Crippen molar-refractivity contribution in [1.29, 1.82) is 0 Å². The zero-order valence-corrected chi connectivity index (χ0v) is 8.47. The quantitative estimate of drug-likeness (QED) is 0.771. The van der Waals surface area contributed by atoms with Crippen LogP contribution in [-0.2, 0) is 4.79 Å². The van der Waals surface area contributed by atoms with Gasteiger partial charge in [0.05, 0.1) is 6.04 Å². The van der Waals surface area contributed by atoms with Crippen LogP contribution in [0.15, 0.2) is 24.5 Å². The first-order valence-corrected chi connectivity index (χ1v) is 4.63. The molecule has 2 N–H and O–H groups in total. The van der Waals surface area contributed by atoms with Crippen molar-refractivity contribution in [3.05, 3.63) is 24.5 Å². The van der Waals surface area contributed by atoms with E-state index in [0.717, 1.165) is 5.69 Å². The fourth-order valence-corrected chi connectivity index (χ4v) is 1.24. The number of nitrogens with two attached hydrogens (primary N) is 1. The molecule has 0 radical (unpaired) electrons. The van der Waals surface area contributed by atoms with Gasteiger partial charge in [0.25, 0.3) is 0 Å². The fourth-order valence-electron chi connectivity index (χ4n) is 1.24. The third-order valence-electron chi connectivity index (χ3n) is 1.95. The van der Waals surface area contributed by atoms with Crippen molar-refractivity contribution in [1.82, 2.24) is 4.98 Å². The first-order chi connectivity index (χ1) is 6.66. The molecule has 0 aliphatic heterocycles. The van der Waals surface area contributed by atoms with Crippen LogP contribution in [0.3, 0.4) is 0 Å². The van der Waals surface area contributed by atoms with Crippen LogP contribution in [0.25, 0.3) is 0 Å². The summed E-state index contributed by atoms with van der Waals surface area (Å²) < 4.78 is 0. The molecular formula is C10H15N3O. The molecule has 0 fully saturated rings. The minimum absolute atomic E-state index is 0.0706. The molecule has 76 valence electrons. The molecule has 0 saturated carbocycles. The van der Waals surface area contributed by atoms with E-state index in [9.17, 15) is 4.79 Å². The van der Waals surface area contributed by atoms with Crippen molar-refractivity contribution in [2.24, 2.45) is 5.73 Å². The molecule has 1 heterocycles. The maximum Gasteiger partial charge on any atom is 0.243 e. The molecule has 1 rings (SSSR count). The van der Waals surface area contributed by atoms with Gasteiger partial charge >= 0.3 is 0 Å². The number of carbonyl (C=O) groups is 1. The Morgan fingerprint density at radius 2 is 2.14 bits per heavy atom. The lowest BCUT2D eigenvalue weighted by Gasteiger charge is -2.22. The van der Waals surface area contributed by atoms with E-state index in [-0.39, 0.29) is 5.91 Å². The number of rotatable bonds is 3. The molecule has 0 saturated heterocycles. The van der Waals surface area contributed by atoms with Crippen LogP contribution in [0.1, 0.15) is 13.8 Å². The maximum atomic E-state index is 11.7. The number of likely N-dealkylation sites (N-methyl/N-ethyl adjacent to an activating group) is 1. The van der Waals surface area contributed by atoms with Crippen molar-refractivity contribution in [3.63, 3.8) is 0 Å². The Morgan fingerprint density at radius 1 is 1.57 bits per heavy atom. The molecule has 0 spiro atoms. The van der Waals surface area contributed by atoms with E-state index in [1.807, 2.05) is 6.92 Å². The van der Waals surface area contributed by atoms with Gasteiger partial charge in [-0.2, -0.15) is 0 Å². The summed E-state index contributed by atoms with van der Waals surface area (Å²) in [7, 11) is 0. The Labute approximate surface area is 83.7 Å². The minimum atomic E-state index is -0.469. The molecule has 1 aromatic rings. The lowest BCUT2D eigenvalue weighted by molar-refractivity contribution is -0.119. The molecule has 0 aromatic carbocycles. The van der Waals surface area contributed by atoms with E-state index in [1.54, 1.807) is 36.4 Å². The van der Waals surface area contributed by atoms with Crippen molar-refractivity contribution in [3.8, 4) is 0 Å². The standard InChI is InChI=1S/C10H15N3O/c1-3-13(10(14)8(2)11)9-4-6-12-7-5-9/h4-8H,3,11H2,1-2H3/t8-/m1/s1. The van der Waals surface area contributed by atoms with E-state index in [0.29, 0.717) is 6.54 Å². The van der Waals surface area contributed by atoms with Crippen LogP contribution >= 0.6 is 0 Å². The maximum absolute atomic E-state index is 11.7. The zero-order chi connectivity index (χ0) is 10.6. The van der Waals surface area contributed by atoms with Crippen molar-refractivity contribution in [2.45, 2.75) is 19.9 Å². The van der Waals surface area contributed by atoms with Crippen LogP contribution in [0.5, 0.6) is 0 Å². The summed E-state index contributed by atoms with van der Waals surface area (Å²) in [5.74, 6) is -0.0706. The third-order valence-corrected chi connectivity index (χ3v) is 1.95. The molecule has 4 heteroatoms. The number of hydrogen-bond acceptors (Lipinski definition) is 3. The van der Waals surface area contributed by atoms with E-state index in [1.165, 1.54) is 0 Å². The van der Waals surface area contributed by atoms with Crippen molar-refractivity contribution >= 4 is 11.6 Å². The van der Waals surface area contributed by atoms with Gasteiger partial charge < -0.3 is 10.6 Å². The number of hydrogen-bond donors (Lipinski definition) is 1. The number of nitrogens with zero attached hydrogens (tertiary/aromatic N) is 2. The zero-order valence-electron chi connectivity index (χ0n) is 8.47. The lowest BCUT2D eigenvalue weighted by atomic mass is 10.2. The molecule has 0 unspecified atom stereocenters. The highest BCUT2D eigenvalue weighted by Crippen LogP contribution is 2.12. The monoisotopic (exact) mass is 193 g/mol. The minimum Gasteiger partial charge on any atom is -0.320 e. The largest absolute Gasteiger partial charge is 0.320 e. The number of aromatic nitrogens is 1. The second-order valence-corrected chi connectivity index (χ2v) is 3.08. The molecule has 0 aliphatic rings. The summed E-state index contributed by atoms with van der Waals surface area (Å²) >= 11 is 0. The Bertz CT molecular complexity index is 297. The summed E-state index contributed by atoms with van der Waals surface area (Å²) in [5.41, 5.74) is 6.38. The Morgan fingerprint density at radius 3 is 2.57 bits per heavy atom. The predicted molar refractivity (Wildman–Crippen MR) is 55.9 cm³/mol. The highest BCUT2D eigenvalue weighted by atomic mass is 16.2. The van der Waals surface area contributed by atoms with Gasteiger partial charge in [0.2, 0.25) is 5.91 Å². The van der Waals surface area contributed by atoms with E-state index >= 15 is 0 Å². The van der Waals surface area contributed by atoms with Crippen molar-refractivity contribution in [2.75, 3.05) is 11.4 Å². The first-order valence-electron chi connectivity index (χ1n) is 4.63. The number of carbonyl (C=O) groups excluding carboxylic acids is 1. The summed E-state index contributed by atoms with van der Waals surface area (Å²) in [5, 5.41) is 0. The van der Waals surface area contributed by atoms with E-state index in [4.69, 9.17) is 5.73 Å². The van der Waals surface area contributed by atoms with E-state index < -0.39 is 6.04 Å². The number of pyridine rings is 1. The average Bonchev–Trinajstić information content (AvgIpc) is 2.20. The van der Waals surface area contributed by atoms with Crippen LogP contribution in [0, 0.1) is 0 Å². The first kappa shape index (κ1) is 10.7. The molecule has 1 amide bonds. The van der Waals surface area contributed by atoms with Crippen LogP contribution in [-0.4, -0.2) is 23.5 Å². The smallest absolute Gasteiger partial charge is 0.243 e. The summed E-state index contributed by atoms with van der Waals surface area (Å²) in [6.45, 7) is 4.22. The van der Waals surface area contributed by atoms with Crippen LogP contribution < -0.4 is 10.6 Å². The van der Waals surface area contributed by atoms with Gasteiger partial charge in [-0.25, -0.2) is 0 Å². The van der Waals surface area contributed by atoms with E-state index in [2.05, 4.69) is 4.98 Å². The second-order valence-electron chi connectivity index (χ2n) is 3.08. The van der Waals surface area contributed by atoms with Gasteiger partial charge in [-0.1, -0.05) is 0 Å². The van der Waals surface area contributed by atoms with Gasteiger partial charge in [0.15, 0.2) is 0 Å². The Hall–Kier alpha value is -1.42. The van der Waals surface area contributed by atoms with Crippen LogP contribution in [0.4, 0.5) is 5.69 Å². The van der Waals surface area contributed by atoms with Crippen LogP contribution in [0.2, 0.25) is 0 Å². The highest BCUT2D eigenvalue weighted by molar-refractivity contribution is 5.96. The summed E-state index contributed by atoms with van der Waals surface area (Å²) in [4.78, 5) is 17.2. The summed E-state index contributed by atoms with van der Waals surface area (Å²) in [6, 6.07) is 3.12. The summed E-state index contributed by atoms with van der Waals surface area (Å²) in [6.07, 6.45) is 3.32. The fraction of sp³-hybridized carbons (Fsp3) is 0.400. The molecule has 1 atom stereocenters. The van der Waals surface area contributed by atoms with Crippen molar-refractivity contribution < 1.29 is 4.79 Å². The second kappa shape index (κ2) is 4.72. The molecule has 0 bridgehead atoms. The van der Waals surface area contributed by atoms with Gasteiger partial charge in [-0.3, -0.25) is 9.78 Å². The number of anilines is 1. The number of amides is 1. The lowest BCUT2D eigenvalue weighted by Crippen LogP contribution is -2.42. The highest BCUT2D eigenvalue weighted by Gasteiger charge is 2.16. The van der Waals surface area contributed by atoms with Gasteiger partial charge in [0, 0.05) is 24.6 Å². The molecular weight excluding hydrogens is 178 g/mol. The van der Waals surface area contributed by atoms with Gasteiger partial charge in [-0.05, 0) is 26.0 Å². The predicted octanol–water partition coefficient (Wildman–Crippen LogP) is 0.782. The van der Waals surface area contributed by atoms with Gasteiger partial charge in [0.1, 0.15) is 0 Å². The molecule has 1 aromatic heterocycles. The SMILES string of the molecule is CCN(C(=O)[C@@H](C)N)c1ccncc1. The Kier molecular flexibility index (Phi) is 3.59. The third kappa shape index (κ3) is 2.29. The molecule has 14 heavy (non-hydrogen) atoms. The average molecular weight is 193 g/mol. The Balaban J connectivity index is 2.88. The molecule has 0 aliphatic carbocycles. The topological polar surface area (TPSA) is 59.2 Å². The normalized spacial score (nSPS) is 12.2. The van der Waals surface area contributed by atoms with Gasteiger partial charge in [-0.15, -0.1) is 0 Å². The molecule has 4 nitrogen and oxygen atoms in total.